The Balaban J connectivity index is 1.84. The van der Waals surface area contributed by atoms with E-state index in [1.54, 1.807) is 24.4 Å². The van der Waals surface area contributed by atoms with Crippen molar-refractivity contribution in [2.45, 2.75) is 25.3 Å². The van der Waals surface area contributed by atoms with Crippen LogP contribution in [0.15, 0.2) is 94.4 Å². The predicted octanol–water partition coefficient (Wildman–Crippen LogP) is 4.92. The third kappa shape index (κ3) is 5.13. The lowest BCUT2D eigenvalue weighted by molar-refractivity contribution is 0.445. The van der Waals surface area contributed by atoms with Gasteiger partial charge < -0.3 is 4.57 Å². The largest absolute Gasteiger partial charge is 0.312 e. The van der Waals surface area contributed by atoms with Crippen molar-refractivity contribution in [3.05, 3.63) is 94.9 Å². The molecule has 170 valence electrons. The number of aromatic nitrogens is 2. The molecule has 2 aromatic heterocycles. The second kappa shape index (κ2) is 10.2. The van der Waals surface area contributed by atoms with Gasteiger partial charge in [-0.2, -0.15) is 4.31 Å². The number of thiazole rings is 1. The first kappa shape index (κ1) is 23.1. The molecule has 0 amide bonds. The highest BCUT2D eigenvalue weighted by atomic mass is 32.2. The van der Waals surface area contributed by atoms with Gasteiger partial charge >= 0.3 is 0 Å². The Morgan fingerprint density at radius 1 is 1.00 bits per heavy atom. The maximum atomic E-state index is 13.1. The third-order valence-corrected chi connectivity index (χ3v) is 8.22. The van der Waals surface area contributed by atoms with Crippen molar-refractivity contribution < 1.29 is 8.42 Å². The normalized spacial score (nSPS) is 12.4. The lowest BCUT2D eigenvalue weighted by atomic mass is 10.1. The molecule has 0 aliphatic carbocycles. The first-order valence-electron chi connectivity index (χ1n) is 10.8. The highest BCUT2D eigenvalue weighted by molar-refractivity contribution is 7.89. The summed E-state index contributed by atoms with van der Waals surface area (Å²) in [4.78, 5) is 10.2. The van der Waals surface area contributed by atoms with E-state index in [2.05, 4.69) is 9.55 Å². The first-order valence-corrected chi connectivity index (χ1v) is 13.1. The van der Waals surface area contributed by atoms with E-state index >= 15 is 0 Å². The molecule has 2 heterocycles. The van der Waals surface area contributed by atoms with Crippen LogP contribution in [0.4, 0.5) is 5.69 Å². The van der Waals surface area contributed by atoms with Crippen molar-refractivity contribution in [2.24, 2.45) is 4.99 Å². The molecule has 0 aliphatic rings. The minimum atomic E-state index is -3.55. The summed E-state index contributed by atoms with van der Waals surface area (Å²) in [5.74, 6) is 0. The zero-order valence-corrected chi connectivity index (χ0v) is 20.3. The molecule has 0 spiro atoms. The summed E-state index contributed by atoms with van der Waals surface area (Å²) in [6.07, 6.45) is 3.58. The van der Waals surface area contributed by atoms with Gasteiger partial charge in [0.2, 0.25) is 10.0 Å². The molecular weight excluding hydrogens is 452 g/mol. The monoisotopic (exact) mass is 478 g/mol. The molecule has 0 radical (unpaired) electrons. The predicted molar refractivity (Wildman–Crippen MR) is 133 cm³/mol. The van der Waals surface area contributed by atoms with Crippen LogP contribution >= 0.6 is 11.3 Å². The van der Waals surface area contributed by atoms with Gasteiger partial charge in [0.15, 0.2) is 4.80 Å². The molecule has 0 N–H and O–H groups in total. The lowest BCUT2D eigenvalue weighted by Crippen LogP contribution is -2.30. The van der Waals surface area contributed by atoms with Gasteiger partial charge in [-0.25, -0.2) is 13.4 Å². The van der Waals surface area contributed by atoms with Crippen molar-refractivity contribution in [1.82, 2.24) is 13.9 Å². The minimum Gasteiger partial charge on any atom is -0.312 e. The maximum absolute atomic E-state index is 13.1. The van der Waals surface area contributed by atoms with Crippen LogP contribution in [0.2, 0.25) is 0 Å². The number of nitrogens with zero attached hydrogens (tertiary/aromatic N) is 4. The molecule has 33 heavy (non-hydrogen) atoms. The lowest BCUT2D eigenvalue weighted by Gasteiger charge is -2.19. The number of pyridine rings is 1. The summed E-state index contributed by atoms with van der Waals surface area (Å²) in [5.41, 5.74) is 3.65. The van der Waals surface area contributed by atoms with Crippen LogP contribution in [-0.2, 0) is 16.6 Å². The fourth-order valence-electron chi connectivity index (χ4n) is 3.62. The Kier molecular flexibility index (Phi) is 7.17. The topological polar surface area (TPSA) is 67.6 Å². The molecular formula is C25H26N4O2S2. The number of para-hydroxylation sites is 1. The van der Waals surface area contributed by atoms with Crippen LogP contribution in [-0.4, -0.2) is 35.4 Å². The summed E-state index contributed by atoms with van der Waals surface area (Å²) in [6.45, 7) is 5.14. The molecule has 4 aromatic rings. The van der Waals surface area contributed by atoms with Gasteiger partial charge in [0, 0.05) is 36.4 Å². The summed E-state index contributed by atoms with van der Waals surface area (Å²) < 4.78 is 29.8. The molecule has 0 saturated carbocycles. The van der Waals surface area contributed by atoms with E-state index in [1.165, 1.54) is 15.6 Å². The Bertz CT molecular complexity index is 1370. The van der Waals surface area contributed by atoms with E-state index in [4.69, 9.17) is 4.99 Å². The van der Waals surface area contributed by atoms with Gasteiger partial charge in [0.05, 0.1) is 22.8 Å². The zero-order valence-electron chi connectivity index (χ0n) is 18.6. The second-order valence-electron chi connectivity index (χ2n) is 7.42. The van der Waals surface area contributed by atoms with Gasteiger partial charge in [-0.15, -0.1) is 11.3 Å². The zero-order chi connectivity index (χ0) is 23.3. The smallest absolute Gasteiger partial charge is 0.243 e. The highest BCUT2D eigenvalue weighted by Gasteiger charge is 2.22. The maximum Gasteiger partial charge on any atom is 0.243 e. The van der Waals surface area contributed by atoms with E-state index in [0.29, 0.717) is 24.5 Å². The van der Waals surface area contributed by atoms with E-state index in [-0.39, 0.29) is 0 Å². The Morgan fingerprint density at radius 2 is 1.79 bits per heavy atom. The second-order valence-corrected chi connectivity index (χ2v) is 10.2. The van der Waals surface area contributed by atoms with Crippen molar-refractivity contribution in [3.8, 4) is 11.3 Å². The molecule has 0 bridgehead atoms. The summed E-state index contributed by atoms with van der Waals surface area (Å²) in [7, 11) is -3.55. The Hall–Kier alpha value is -3.07. The number of sulfonamides is 1. The molecule has 0 saturated heterocycles. The van der Waals surface area contributed by atoms with Crippen LogP contribution in [0, 0.1) is 0 Å². The van der Waals surface area contributed by atoms with E-state index in [9.17, 15) is 8.42 Å². The molecule has 4 rings (SSSR count). The van der Waals surface area contributed by atoms with Gasteiger partial charge in [0.1, 0.15) is 0 Å². The fraction of sp³-hybridized carbons (Fsp3) is 0.200. The average molecular weight is 479 g/mol. The molecule has 8 heteroatoms. The third-order valence-electron chi connectivity index (χ3n) is 5.32. The molecule has 2 aromatic carbocycles. The standard InChI is InChI=1S/C25H26N4O2S2/c1-3-28(4-2)33(30,31)23-14-8-11-21(16-23)24-19-32-25(27-22-12-6-5-7-13-22)29(24)18-20-10-9-15-26-17-20/h5-17,19H,3-4,18H2,1-2H3. The van der Waals surface area contributed by atoms with Gasteiger partial charge in [0.25, 0.3) is 0 Å². The molecule has 6 nitrogen and oxygen atoms in total. The average Bonchev–Trinajstić information content (AvgIpc) is 3.23. The minimum absolute atomic E-state index is 0.296. The summed E-state index contributed by atoms with van der Waals surface area (Å²) in [6, 6.07) is 20.9. The van der Waals surface area contributed by atoms with Gasteiger partial charge in [-0.1, -0.05) is 50.2 Å². The van der Waals surface area contributed by atoms with Crippen molar-refractivity contribution in [3.63, 3.8) is 0 Å². The molecule has 0 unspecified atom stereocenters. The van der Waals surface area contributed by atoms with Gasteiger partial charge in [-0.05, 0) is 35.9 Å². The Labute approximate surface area is 198 Å². The molecule has 0 fully saturated rings. The van der Waals surface area contributed by atoms with Gasteiger partial charge in [-0.3, -0.25) is 4.98 Å². The quantitative estimate of drug-likeness (QED) is 0.361. The van der Waals surface area contributed by atoms with Crippen molar-refractivity contribution >= 4 is 27.0 Å². The summed E-state index contributed by atoms with van der Waals surface area (Å²) in [5, 5.41) is 2.03. The van der Waals surface area contributed by atoms with Crippen LogP contribution in [0.1, 0.15) is 19.4 Å². The number of benzene rings is 2. The van der Waals surface area contributed by atoms with E-state index in [1.807, 2.05) is 74.0 Å². The van der Waals surface area contributed by atoms with E-state index < -0.39 is 10.0 Å². The van der Waals surface area contributed by atoms with Crippen molar-refractivity contribution in [1.29, 1.82) is 0 Å². The SMILES string of the molecule is CCN(CC)S(=O)(=O)c1cccc(-c2csc(=Nc3ccccc3)n2Cc2cccnc2)c1. The van der Waals surface area contributed by atoms with Crippen LogP contribution < -0.4 is 4.80 Å². The summed E-state index contributed by atoms with van der Waals surface area (Å²) >= 11 is 1.53. The van der Waals surface area contributed by atoms with E-state index in [0.717, 1.165) is 27.3 Å². The Morgan fingerprint density at radius 3 is 2.48 bits per heavy atom. The van der Waals surface area contributed by atoms with Crippen molar-refractivity contribution in [2.75, 3.05) is 13.1 Å². The first-order chi connectivity index (χ1) is 16.0. The number of hydrogen-bond acceptors (Lipinski definition) is 5. The molecule has 0 aliphatic heterocycles. The highest BCUT2D eigenvalue weighted by Crippen LogP contribution is 2.26. The number of rotatable bonds is 8. The van der Waals surface area contributed by atoms with Crippen LogP contribution in [0.5, 0.6) is 0 Å². The fourth-order valence-corrected chi connectivity index (χ4v) is 6.05. The molecule has 0 atom stereocenters. The van der Waals surface area contributed by atoms with Crippen LogP contribution in [0.25, 0.3) is 11.3 Å². The van der Waals surface area contributed by atoms with Crippen LogP contribution in [0.3, 0.4) is 0 Å². The number of hydrogen-bond donors (Lipinski definition) is 0.